The van der Waals surface area contributed by atoms with Crippen molar-refractivity contribution in [2.24, 2.45) is 5.73 Å². The van der Waals surface area contributed by atoms with Crippen LogP contribution in [0.5, 0.6) is 0 Å². The van der Waals surface area contributed by atoms with Crippen molar-refractivity contribution in [3.63, 3.8) is 0 Å². The fraction of sp³-hybridized carbons (Fsp3) is 0.909. The third-order valence-corrected chi connectivity index (χ3v) is 2.76. The molecule has 16 heavy (non-hydrogen) atoms. The third-order valence-electron chi connectivity index (χ3n) is 2.76. The lowest BCUT2D eigenvalue weighted by Gasteiger charge is -2.13. The second-order valence-corrected chi connectivity index (χ2v) is 4.10. The molecule has 1 fully saturated rings. The Morgan fingerprint density at radius 3 is 3.12 bits per heavy atom. The minimum Gasteiger partial charge on any atom is -0.385 e. The van der Waals surface area contributed by atoms with Gasteiger partial charge in [0.25, 0.3) is 0 Å². The number of carbonyl (C=O) groups is 1. The van der Waals surface area contributed by atoms with Crippen LogP contribution in [0.25, 0.3) is 0 Å². The predicted octanol–water partition coefficient (Wildman–Crippen LogP) is 0.0355. The van der Waals surface area contributed by atoms with Crippen LogP contribution in [-0.2, 0) is 14.3 Å². The van der Waals surface area contributed by atoms with Gasteiger partial charge in [0.05, 0.1) is 12.1 Å². The van der Waals surface area contributed by atoms with E-state index in [1.807, 2.05) is 0 Å². The number of methoxy groups -OCH3 is 1. The summed E-state index contributed by atoms with van der Waals surface area (Å²) >= 11 is 0. The standard InChI is InChI=1S/C11H22N2O3/c1-15-8-5-10(12)11(14)13-6-4-9-3-2-7-16-9/h9-10H,2-8,12H2,1H3,(H,13,14). The molecule has 2 unspecified atom stereocenters. The number of amides is 1. The molecule has 1 heterocycles. The van der Waals surface area contributed by atoms with E-state index in [2.05, 4.69) is 5.32 Å². The molecule has 5 nitrogen and oxygen atoms in total. The van der Waals surface area contributed by atoms with Crippen LogP contribution >= 0.6 is 0 Å². The topological polar surface area (TPSA) is 73.6 Å². The Morgan fingerprint density at radius 2 is 2.50 bits per heavy atom. The monoisotopic (exact) mass is 230 g/mol. The number of nitrogens with one attached hydrogen (secondary N) is 1. The average molecular weight is 230 g/mol. The van der Waals surface area contributed by atoms with Crippen molar-refractivity contribution in [3.05, 3.63) is 0 Å². The van der Waals surface area contributed by atoms with E-state index in [4.69, 9.17) is 15.2 Å². The van der Waals surface area contributed by atoms with Crippen molar-refractivity contribution in [2.75, 3.05) is 26.9 Å². The van der Waals surface area contributed by atoms with Crippen LogP contribution in [0.3, 0.4) is 0 Å². The van der Waals surface area contributed by atoms with Crippen molar-refractivity contribution in [1.29, 1.82) is 0 Å². The molecular weight excluding hydrogens is 208 g/mol. The zero-order chi connectivity index (χ0) is 11.8. The van der Waals surface area contributed by atoms with E-state index >= 15 is 0 Å². The summed E-state index contributed by atoms with van der Waals surface area (Å²) < 4.78 is 10.3. The molecule has 0 bridgehead atoms. The molecule has 0 aliphatic carbocycles. The summed E-state index contributed by atoms with van der Waals surface area (Å²) in [4.78, 5) is 11.5. The number of hydrogen-bond acceptors (Lipinski definition) is 4. The van der Waals surface area contributed by atoms with E-state index in [1.165, 1.54) is 0 Å². The van der Waals surface area contributed by atoms with Crippen LogP contribution in [0.1, 0.15) is 25.7 Å². The summed E-state index contributed by atoms with van der Waals surface area (Å²) in [5, 5.41) is 2.82. The zero-order valence-electron chi connectivity index (χ0n) is 9.91. The SMILES string of the molecule is COCCC(N)C(=O)NCCC1CCCO1. The molecule has 0 aromatic carbocycles. The van der Waals surface area contributed by atoms with Crippen molar-refractivity contribution < 1.29 is 14.3 Å². The second kappa shape index (κ2) is 7.60. The van der Waals surface area contributed by atoms with Gasteiger partial charge in [-0.1, -0.05) is 0 Å². The number of rotatable bonds is 7. The Kier molecular flexibility index (Phi) is 6.37. The highest BCUT2D eigenvalue weighted by Gasteiger charge is 2.16. The molecule has 1 aliphatic rings. The molecule has 1 rings (SSSR count). The zero-order valence-corrected chi connectivity index (χ0v) is 9.91. The largest absolute Gasteiger partial charge is 0.385 e. The van der Waals surface area contributed by atoms with Gasteiger partial charge in [-0.2, -0.15) is 0 Å². The molecule has 1 saturated heterocycles. The van der Waals surface area contributed by atoms with Crippen molar-refractivity contribution in [2.45, 2.75) is 37.8 Å². The van der Waals surface area contributed by atoms with E-state index < -0.39 is 6.04 Å². The third kappa shape index (κ3) is 4.92. The van der Waals surface area contributed by atoms with Crippen LogP contribution in [0.15, 0.2) is 0 Å². The minimum absolute atomic E-state index is 0.102. The number of carbonyl (C=O) groups excluding carboxylic acids is 1. The minimum atomic E-state index is -0.468. The molecule has 0 saturated carbocycles. The van der Waals surface area contributed by atoms with E-state index in [0.717, 1.165) is 25.9 Å². The lowest BCUT2D eigenvalue weighted by atomic mass is 10.1. The molecule has 1 aliphatic heterocycles. The Bertz CT molecular complexity index is 205. The fourth-order valence-corrected chi connectivity index (χ4v) is 1.74. The van der Waals surface area contributed by atoms with Crippen molar-refractivity contribution >= 4 is 5.91 Å². The summed E-state index contributed by atoms with van der Waals surface area (Å²) in [6.45, 7) is 2.01. The highest BCUT2D eigenvalue weighted by atomic mass is 16.5. The summed E-state index contributed by atoms with van der Waals surface area (Å²) in [5.41, 5.74) is 5.67. The molecule has 0 aromatic rings. The van der Waals surface area contributed by atoms with Gasteiger partial charge in [-0.3, -0.25) is 4.79 Å². The first-order valence-corrected chi connectivity index (χ1v) is 5.88. The molecule has 5 heteroatoms. The highest BCUT2D eigenvalue weighted by molar-refractivity contribution is 5.81. The fourth-order valence-electron chi connectivity index (χ4n) is 1.74. The van der Waals surface area contributed by atoms with E-state index in [1.54, 1.807) is 7.11 Å². The molecule has 3 N–H and O–H groups in total. The normalized spacial score (nSPS) is 22.0. The summed E-state index contributed by atoms with van der Waals surface area (Å²) in [6.07, 6.45) is 3.98. The molecular formula is C11H22N2O3. The Morgan fingerprint density at radius 1 is 1.69 bits per heavy atom. The Hall–Kier alpha value is -0.650. The van der Waals surface area contributed by atoms with Crippen LogP contribution in [0, 0.1) is 0 Å². The maximum absolute atomic E-state index is 11.5. The molecule has 94 valence electrons. The van der Waals surface area contributed by atoms with Crippen molar-refractivity contribution in [3.8, 4) is 0 Å². The summed E-state index contributed by atoms with van der Waals surface area (Å²) in [7, 11) is 1.60. The first-order valence-electron chi connectivity index (χ1n) is 5.88. The second-order valence-electron chi connectivity index (χ2n) is 4.10. The quantitative estimate of drug-likeness (QED) is 0.647. The highest BCUT2D eigenvalue weighted by Crippen LogP contribution is 2.14. The van der Waals surface area contributed by atoms with Gasteiger partial charge >= 0.3 is 0 Å². The molecule has 0 spiro atoms. The van der Waals surface area contributed by atoms with Crippen molar-refractivity contribution in [1.82, 2.24) is 5.32 Å². The van der Waals surface area contributed by atoms with Crippen LogP contribution in [0.2, 0.25) is 0 Å². The van der Waals surface area contributed by atoms with Gasteiger partial charge in [0.15, 0.2) is 0 Å². The van der Waals surface area contributed by atoms with Gasteiger partial charge in [-0.05, 0) is 25.7 Å². The maximum Gasteiger partial charge on any atom is 0.237 e. The number of nitrogens with two attached hydrogens (primary N) is 1. The maximum atomic E-state index is 11.5. The summed E-state index contributed by atoms with van der Waals surface area (Å²) in [6, 6.07) is -0.468. The van der Waals surface area contributed by atoms with Gasteiger partial charge in [-0.15, -0.1) is 0 Å². The number of hydrogen-bond donors (Lipinski definition) is 2. The first-order chi connectivity index (χ1) is 7.74. The first kappa shape index (κ1) is 13.4. The van der Waals surface area contributed by atoms with E-state index in [9.17, 15) is 4.79 Å². The Balaban J connectivity index is 2.04. The number of ether oxygens (including phenoxy) is 2. The molecule has 1 amide bonds. The van der Waals surface area contributed by atoms with Crippen LogP contribution < -0.4 is 11.1 Å². The van der Waals surface area contributed by atoms with E-state index in [0.29, 0.717) is 25.7 Å². The molecule has 2 atom stereocenters. The Labute approximate surface area is 96.7 Å². The van der Waals surface area contributed by atoms with Gasteiger partial charge in [0, 0.05) is 26.9 Å². The lowest BCUT2D eigenvalue weighted by molar-refractivity contribution is -0.122. The molecule has 0 aromatic heterocycles. The average Bonchev–Trinajstić information content (AvgIpc) is 2.78. The molecule has 0 radical (unpaired) electrons. The van der Waals surface area contributed by atoms with Crippen LogP contribution in [-0.4, -0.2) is 44.9 Å². The van der Waals surface area contributed by atoms with Gasteiger partial charge in [0.2, 0.25) is 5.91 Å². The van der Waals surface area contributed by atoms with Crippen LogP contribution in [0.4, 0.5) is 0 Å². The predicted molar refractivity (Wildman–Crippen MR) is 61.1 cm³/mol. The van der Waals surface area contributed by atoms with Gasteiger partial charge in [0.1, 0.15) is 0 Å². The lowest BCUT2D eigenvalue weighted by Crippen LogP contribution is -2.42. The summed E-state index contributed by atoms with van der Waals surface area (Å²) in [5.74, 6) is -0.102. The van der Waals surface area contributed by atoms with Gasteiger partial charge in [-0.25, -0.2) is 0 Å². The van der Waals surface area contributed by atoms with E-state index in [-0.39, 0.29) is 5.91 Å². The smallest absolute Gasteiger partial charge is 0.237 e. The van der Waals surface area contributed by atoms with Gasteiger partial charge < -0.3 is 20.5 Å².